The smallest absolute Gasteiger partial charge is 0.139 e. The van der Waals surface area contributed by atoms with Crippen LogP contribution in [0.5, 0.6) is 0 Å². The zero-order valence-electron chi connectivity index (χ0n) is 12.2. The van der Waals surface area contributed by atoms with Crippen LogP contribution in [0.1, 0.15) is 41.2 Å². The average molecular weight is 267 g/mol. The predicted octanol–water partition coefficient (Wildman–Crippen LogP) is 2.67. The average Bonchev–Trinajstić information content (AvgIpc) is 3.25. The van der Waals surface area contributed by atoms with Crippen LogP contribution in [0.4, 0.5) is 0 Å². The van der Waals surface area contributed by atoms with Gasteiger partial charge in [-0.15, -0.1) is 0 Å². The van der Waals surface area contributed by atoms with E-state index in [0.717, 1.165) is 36.5 Å². The number of nitrogens with zero attached hydrogens (tertiary/aromatic N) is 2. The lowest BCUT2D eigenvalue weighted by Gasteiger charge is -2.17. The Morgan fingerprint density at radius 2 is 1.65 bits per heavy atom. The summed E-state index contributed by atoms with van der Waals surface area (Å²) in [5.41, 5.74) is 10.4. The van der Waals surface area contributed by atoms with Gasteiger partial charge in [0.05, 0.1) is 5.41 Å². The second-order valence-corrected chi connectivity index (χ2v) is 5.68. The maximum atomic E-state index is 5.67. The van der Waals surface area contributed by atoms with Crippen LogP contribution in [0.25, 0.3) is 0 Å². The van der Waals surface area contributed by atoms with Crippen molar-refractivity contribution in [2.75, 3.05) is 6.54 Å². The maximum Gasteiger partial charge on any atom is 0.139 e. The Hall–Kier alpha value is -1.74. The first-order chi connectivity index (χ1) is 9.67. The summed E-state index contributed by atoms with van der Waals surface area (Å²) >= 11 is 0. The standard InChI is InChI=1S/C17H21N3/c1-12-15(8-11-18)13(2)20-16(19-12)17(9-10-17)14-6-4-3-5-7-14/h3-7H,8-11,18H2,1-2H3. The predicted molar refractivity (Wildman–Crippen MR) is 80.7 cm³/mol. The van der Waals surface area contributed by atoms with E-state index in [2.05, 4.69) is 44.2 Å². The topological polar surface area (TPSA) is 51.8 Å². The number of hydrogen-bond donors (Lipinski definition) is 1. The third-order valence-corrected chi connectivity index (χ3v) is 4.32. The zero-order valence-corrected chi connectivity index (χ0v) is 12.2. The zero-order chi connectivity index (χ0) is 14.2. The molecule has 0 spiro atoms. The summed E-state index contributed by atoms with van der Waals surface area (Å²) in [7, 11) is 0. The van der Waals surface area contributed by atoms with Gasteiger partial charge in [0.25, 0.3) is 0 Å². The minimum Gasteiger partial charge on any atom is -0.330 e. The van der Waals surface area contributed by atoms with E-state index in [-0.39, 0.29) is 5.41 Å². The highest BCUT2D eigenvalue weighted by atomic mass is 14.9. The molecule has 104 valence electrons. The van der Waals surface area contributed by atoms with Crippen molar-refractivity contribution in [2.45, 2.75) is 38.5 Å². The molecule has 2 aromatic rings. The van der Waals surface area contributed by atoms with Crippen molar-refractivity contribution in [2.24, 2.45) is 5.73 Å². The van der Waals surface area contributed by atoms with Crippen LogP contribution in [-0.2, 0) is 11.8 Å². The number of aryl methyl sites for hydroxylation is 2. The Bertz CT molecular complexity index is 592. The van der Waals surface area contributed by atoms with Gasteiger partial charge in [-0.05, 0) is 50.8 Å². The molecular formula is C17H21N3. The largest absolute Gasteiger partial charge is 0.330 e. The number of benzene rings is 1. The monoisotopic (exact) mass is 267 g/mol. The normalized spacial score (nSPS) is 16.1. The van der Waals surface area contributed by atoms with E-state index in [4.69, 9.17) is 15.7 Å². The number of aromatic nitrogens is 2. The Labute approximate surface area is 120 Å². The molecule has 1 aromatic carbocycles. The summed E-state index contributed by atoms with van der Waals surface area (Å²) in [6, 6.07) is 10.6. The minimum atomic E-state index is 0.0536. The summed E-state index contributed by atoms with van der Waals surface area (Å²) in [5.74, 6) is 0.986. The van der Waals surface area contributed by atoms with Crippen molar-refractivity contribution < 1.29 is 0 Å². The van der Waals surface area contributed by atoms with Gasteiger partial charge in [0.15, 0.2) is 0 Å². The van der Waals surface area contributed by atoms with Gasteiger partial charge in [-0.3, -0.25) is 0 Å². The van der Waals surface area contributed by atoms with Crippen LogP contribution in [-0.4, -0.2) is 16.5 Å². The quantitative estimate of drug-likeness (QED) is 0.926. The highest BCUT2D eigenvalue weighted by molar-refractivity contribution is 5.40. The highest BCUT2D eigenvalue weighted by Gasteiger charge is 2.48. The van der Waals surface area contributed by atoms with Crippen molar-refractivity contribution in [3.63, 3.8) is 0 Å². The van der Waals surface area contributed by atoms with E-state index in [1.165, 1.54) is 11.1 Å². The van der Waals surface area contributed by atoms with Gasteiger partial charge in [0, 0.05) is 11.4 Å². The molecule has 0 aliphatic heterocycles. The second kappa shape index (κ2) is 4.98. The second-order valence-electron chi connectivity index (χ2n) is 5.68. The molecule has 1 fully saturated rings. The molecule has 2 N–H and O–H groups in total. The van der Waals surface area contributed by atoms with Crippen LogP contribution in [0, 0.1) is 13.8 Å². The molecule has 3 rings (SSSR count). The van der Waals surface area contributed by atoms with E-state index < -0.39 is 0 Å². The summed E-state index contributed by atoms with van der Waals surface area (Å²) in [6.07, 6.45) is 3.15. The van der Waals surface area contributed by atoms with Crippen molar-refractivity contribution >= 4 is 0 Å². The van der Waals surface area contributed by atoms with Gasteiger partial charge in [0.1, 0.15) is 5.82 Å². The van der Waals surface area contributed by atoms with Gasteiger partial charge in [-0.1, -0.05) is 30.3 Å². The van der Waals surface area contributed by atoms with Crippen LogP contribution in [0.3, 0.4) is 0 Å². The third-order valence-electron chi connectivity index (χ3n) is 4.32. The molecule has 0 radical (unpaired) electrons. The summed E-state index contributed by atoms with van der Waals surface area (Å²) in [6.45, 7) is 4.79. The summed E-state index contributed by atoms with van der Waals surface area (Å²) < 4.78 is 0. The first kappa shape index (κ1) is 13.3. The fourth-order valence-electron chi connectivity index (χ4n) is 2.98. The van der Waals surface area contributed by atoms with E-state index in [0.29, 0.717) is 6.54 Å². The third kappa shape index (κ3) is 2.12. The molecule has 0 bridgehead atoms. The summed E-state index contributed by atoms with van der Waals surface area (Å²) in [4.78, 5) is 9.59. The fraction of sp³-hybridized carbons (Fsp3) is 0.412. The molecule has 0 saturated heterocycles. The molecule has 1 saturated carbocycles. The maximum absolute atomic E-state index is 5.67. The fourth-order valence-corrected chi connectivity index (χ4v) is 2.98. The van der Waals surface area contributed by atoms with Crippen LogP contribution in [0.2, 0.25) is 0 Å². The molecule has 1 aliphatic rings. The molecule has 0 unspecified atom stereocenters. The van der Waals surface area contributed by atoms with Gasteiger partial charge >= 0.3 is 0 Å². The molecule has 0 amide bonds. The molecule has 0 atom stereocenters. The minimum absolute atomic E-state index is 0.0536. The van der Waals surface area contributed by atoms with E-state index in [1.54, 1.807) is 0 Å². The van der Waals surface area contributed by atoms with Gasteiger partial charge in [-0.2, -0.15) is 0 Å². The van der Waals surface area contributed by atoms with E-state index in [9.17, 15) is 0 Å². The lowest BCUT2D eigenvalue weighted by Crippen LogP contribution is -2.17. The Morgan fingerprint density at radius 1 is 1.05 bits per heavy atom. The highest BCUT2D eigenvalue weighted by Crippen LogP contribution is 2.52. The van der Waals surface area contributed by atoms with Crippen LogP contribution >= 0.6 is 0 Å². The molecule has 1 heterocycles. The van der Waals surface area contributed by atoms with Gasteiger partial charge in [0.2, 0.25) is 0 Å². The number of rotatable bonds is 4. The first-order valence-corrected chi connectivity index (χ1v) is 7.27. The van der Waals surface area contributed by atoms with E-state index in [1.807, 2.05) is 0 Å². The van der Waals surface area contributed by atoms with Gasteiger partial charge in [-0.25, -0.2) is 9.97 Å². The van der Waals surface area contributed by atoms with Crippen molar-refractivity contribution in [1.29, 1.82) is 0 Å². The van der Waals surface area contributed by atoms with Crippen molar-refractivity contribution in [3.05, 3.63) is 58.7 Å². The molecular weight excluding hydrogens is 246 g/mol. The lowest BCUT2D eigenvalue weighted by molar-refractivity contribution is 0.728. The SMILES string of the molecule is Cc1nc(C2(c3ccccc3)CC2)nc(C)c1CCN. The molecule has 1 aromatic heterocycles. The van der Waals surface area contributed by atoms with Crippen LogP contribution < -0.4 is 5.73 Å². The number of nitrogens with two attached hydrogens (primary N) is 1. The lowest BCUT2D eigenvalue weighted by atomic mass is 9.94. The summed E-state index contributed by atoms with van der Waals surface area (Å²) in [5, 5.41) is 0. The molecule has 3 heteroatoms. The van der Waals surface area contributed by atoms with Crippen LogP contribution in [0.15, 0.2) is 30.3 Å². The molecule has 3 nitrogen and oxygen atoms in total. The van der Waals surface area contributed by atoms with Crippen molar-refractivity contribution in [1.82, 2.24) is 9.97 Å². The van der Waals surface area contributed by atoms with Crippen molar-refractivity contribution in [3.8, 4) is 0 Å². The van der Waals surface area contributed by atoms with E-state index >= 15 is 0 Å². The number of hydrogen-bond acceptors (Lipinski definition) is 3. The first-order valence-electron chi connectivity index (χ1n) is 7.27. The Balaban J connectivity index is 2.03. The Morgan fingerprint density at radius 3 is 2.15 bits per heavy atom. The Kier molecular flexibility index (Phi) is 3.30. The van der Waals surface area contributed by atoms with Gasteiger partial charge < -0.3 is 5.73 Å². The molecule has 1 aliphatic carbocycles. The molecule has 20 heavy (non-hydrogen) atoms.